The highest BCUT2D eigenvalue weighted by atomic mass is 32.2. The van der Waals surface area contributed by atoms with Crippen molar-refractivity contribution in [1.82, 2.24) is 0 Å². The van der Waals surface area contributed by atoms with Crippen LogP contribution in [0.1, 0.15) is 45.4 Å². The fourth-order valence-electron chi connectivity index (χ4n) is 2.83. The van der Waals surface area contributed by atoms with Crippen LogP contribution in [0, 0.1) is 11.3 Å². The molecule has 1 fully saturated rings. The second-order valence-corrected chi connectivity index (χ2v) is 6.28. The summed E-state index contributed by atoms with van der Waals surface area (Å²) < 4.78 is 36.3. The van der Waals surface area contributed by atoms with Crippen LogP contribution in [-0.2, 0) is 0 Å². The third-order valence-corrected chi connectivity index (χ3v) is 4.69. The second kappa shape index (κ2) is 6.32. The SMILES string of the molecule is CCC1CCCC(CN)(CCSC(F)(F)F)C1. The lowest BCUT2D eigenvalue weighted by molar-refractivity contribution is -0.0330. The van der Waals surface area contributed by atoms with E-state index in [1.165, 1.54) is 6.42 Å². The average molecular weight is 269 g/mol. The van der Waals surface area contributed by atoms with Gasteiger partial charge in [-0.2, -0.15) is 13.2 Å². The van der Waals surface area contributed by atoms with Gasteiger partial charge >= 0.3 is 5.51 Å². The van der Waals surface area contributed by atoms with E-state index in [0.29, 0.717) is 18.9 Å². The van der Waals surface area contributed by atoms with Gasteiger partial charge in [0.05, 0.1) is 0 Å². The quantitative estimate of drug-likeness (QED) is 0.810. The molecular weight excluding hydrogens is 247 g/mol. The fraction of sp³-hybridized carbons (Fsp3) is 1.00. The summed E-state index contributed by atoms with van der Waals surface area (Å²) in [5, 5.41) is 0. The fourth-order valence-corrected chi connectivity index (χ4v) is 3.60. The summed E-state index contributed by atoms with van der Waals surface area (Å²) in [6.45, 7) is 2.68. The van der Waals surface area contributed by atoms with Crippen LogP contribution in [0.5, 0.6) is 0 Å². The van der Waals surface area contributed by atoms with Gasteiger partial charge in [-0.25, -0.2) is 0 Å². The first kappa shape index (κ1) is 15.2. The maximum absolute atomic E-state index is 12.1. The van der Waals surface area contributed by atoms with Gasteiger partial charge in [0, 0.05) is 5.75 Å². The molecule has 1 saturated carbocycles. The number of nitrogens with two attached hydrogens (primary N) is 1. The molecular formula is C12H22F3NS. The molecule has 102 valence electrons. The second-order valence-electron chi connectivity index (χ2n) is 5.12. The number of hydrogen-bond donors (Lipinski definition) is 1. The van der Waals surface area contributed by atoms with Crippen LogP contribution in [0.25, 0.3) is 0 Å². The van der Waals surface area contributed by atoms with Gasteiger partial charge in [-0.05, 0) is 37.1 Å². The highest BCUT2D eigenvalue weighted by molar-refractivity contribution is 8.00. The van der Waals surface area contributed by atoms with Gasteiger partial charge < -0.3 is 5.73 Å². The average Bonchev–Trinajstić information content (AvgIpc) is 2.27. The van der Waals surface area contributed by atoms with Gasteiger partial charge in [-0.15, -0.1) is 0 Å². The number of halogens is 3. The highest BCUT2D eigenvalue weighted by Gasteiger charge is 2.36. The number of alkyl halides is 3. The normalized spacial score (nSPS) is 30.5. The van der Waals surface area contributed by atoms with Crippen LogP contribution in [-0.4, -0.2) is 17.8 Å². The lowest BCUT2D eigenvalue weighted by atomic mass is 9.67. The third kappa shape index (κ3) is 5.08. The first-order valence-electron chi connectivity index (χ1n) is 6.31. The molecule has 0 bridgehead atoms. The van der Waals surface area contributed by atoms with E-state index in [0.717, 1.165) is 25.7 Å². The minimum absolute atomic E-state index is 0.0306. The zero-order valence-electron chi connectivity index (χ0n) is 10.4. The van der Waals surface area contributed by atoms with Gasteiger partial charge in [-0.3, -0.25) is 0 Å². The van der Waals surface area contributed by atoms with E-state index in [1.54, 1.807) is 0 Å². The highest BCUT2D eigenvalue weighted by Crippen LogP contribution is 2.44. The predicted molar refractivity (Wildman–Crippen MR) is 66.9 cm³/mol. The maximum atomic E-state index is 12.1. The summed E-state index contributed by atoms with van der Waals surface area (Å²) >= 11 is 0.0944. The molecule has 1 aliphatic carbocycles. The summed E-state index contributed by atoms with van der Waals surface area (Å²) in [5.74, 6) is 0.806. The summed E-state index contributed by atoms with van der Waals surface area (Å²) in [6, 6.07) is 0. The van der Waals surface area contributed by atoms with Crippen LogP contribution < -0.4 is 5.73 Å². The van der Waals surface area contributed by atoms with Gasteiger partial charge in [0.2, 0.25) is 0 Å². The Morgan fingerprint density at radius 3 is 2.65 bits per heavy atom. The van der Waals surface area contributed by atoms with Crippen molar-refractivity contribution >= 4 is 11.8 Å². The van der Waals surface area contributed by atoms with Crippen molar-refractivity contribution < 1.29 is 13.2 Å². The van der Waals surface area contributed by atoms with Crippen molar-refractivity contribution in [3.63, 3.8) is 0 Å². The summed E-state index contributed by atoms with van der Waals surface area (Å²) in [5.41, 5.74) is 1.68. The molecule has 0 spiro atoms. The molecule has 1 rings (SSSR count). The minimum Gasteiger partial charge on any atom is -0.330 e. The third-order valence-electron chi connectivity index (χ3n) is 3.95. The molecule has 1 aliphatic rings. The van der Waals surface area contributed by atoms with E-state index in [2.05, 4.69) is 6.92 Å². The molecule has 1 nitrogen and oxygen atoms in total. The van der Waals surface area contributed by atoms with Crippen molar-refractivity contribution in [3.8, 4) is 0 Å². The largest absolute Gasteiger partial charge is 0.441 e. The standard InChI is InChI=1S/C12H22F3NS/c1-2-10-4-3-5-11(8-10,9-16)6-7-17-12(13,14)15/h10H,2-9,16H2,1H3. The molecule has 0 saturated heterocycles. The number of hydrogen-bond acceptors (Lipinski definition) is 2. The molecule has 17 heavy (non-hydrogen) atoms. The topological polar surface area (TPSA) is 26.0 Å². The van der Waals surface area contributed by atoms with E-state index in [-0.39, 0.29) is 22.9 Å². The van der Waals surface area contributed by atoms with E-state index in [9.17, 15) is 13.2 Å². The predicted octanol–water partition coefficient (Wildman–Crippen LogP) is 4.17. The van der Waals surface area contributed by atoms with Crippen LogP contribution in [0.3, 0.4) is 0 Å². The molecule has 0 heterocycles. The van der Waals surface area contributed by atoms with E-state index in [1.807, 2.05) is 0 Å². The van der Waals surface area contributed by atoms with Gasteiger partial charge in [0.25, 0.3) is 0 Å². The molecule has 2 atom stereocenters. The molecule has 0 radical (unpaired) electrons. The zero-order valence-corrected chi connectivity index (χ0v) is 11.2. The molecule has 0 aromatic rings. The van der Waals surface area contributed by atoms with E-state index in [4.69, 9.17) is 5.73 Å². The van der Waals surface area contributed by atoms with Crippen molar-refractivity contribution in [3.05, 3.63) is 0 Å². The Labute approximate surface area is 106 Å². The van der Waals surface area contributed by atoms with Crippen molar-refractivity contribution in [1.29, 1.82) is 0 Å². The van der Waals surface area contributed by atoms with Crippen LogP contribution >= 0.6 is 11.8 Å². The van der Waals surface area contributed by atoms with Crippen molar-refractivity contribution in [2.24, 2.45) is 17.1 Å². The Hall–Kier alpha value is 0.100. The molecule has 0 aromatic heterocycles. The number of thioether (sulfide) groups is 1. The molecule has 2 N–H and O–H groups in total. The lowest BCUT2D eigenvalue weighted by Crippen LogP contribution is -2.36. The molecule has 5 heteroatoms. The number of rotatable bonds is 5. The van der Waals surface area contributed by atoms with Gasteiger partial charge in [0.15, 0.2) is 0 Å². The first-order chi connectivity index (χ1) is 7.91. The zero-order chi connectivity index (χ0) is 12.9. The Bertz CT molecular complexity index is 232. The molecule has 0 aliphatic heterocycles. The Kier molecular flexibility index (Phi) is 5.64. The van der Waals surface area contributed by atoms with Crippen LogP contribution in [0.2, 0.25) is 0 Å². The molecule has 0 aromatic carbocycles. The molecule has 0 amide bonds. The van der Waals surface area contributed by atoms with Crippen LogP contribution in [0.4, 0.5) is 13.2 Å². The maximum Gasteiger partial charge on any atom is 0.441 e. The summed E-state index contributed by atoms with van der Waals surface area (Å²) in [7, 11) is 0. The van der Waals surface area contributed by atoms with E-state index < -0.39 is 5.51 Å². The Morgan fingerprint density at radius 1 is 1.41 bits per heavy atom. The van der Waals surface area contributed by atoms with Crippen molar-refractivity contribution in [2.75, 3.05) is 12.3 Å². The summed E-state index contributed by atoms with van der Waals surface area (Å²) in [4.78, 5) is 0. The first-order valence-corrected chi connectivity index (χ1v) is 7.30. The Morgan fingerprint density at radius 2 is 2.12 bits per heavy atom. The lowest BCUT2D eigenvalue weighted by Gasteiger charge is -2.40. The Balaban J connectivity index is 2.45. The van der Waals surface area contributed by atoms with Crippen LogP contribution in [0.15, 0.2) is 0 Å². The minimum atomic E-state index is -4.10. The van der Waals surface area contributed by atoms with Gasteiger partial charge in [0.1, 0.15) is 0 Å². The monoisotopic (exact) mass is 269 g/mol. The van der Waals surface area contributed by atoms with Gasteiger partial charge in [-0.1, -0.05) is 37.9 Å². The van der Waals surface area contributed by atoms with E-state index >= 15 is 0 Å². The summed E-state index contributed by atoms with van der Waals surface area (Å²) in [6.07, 6.45) is 6.06. The smallest absolute Gasteiger partial charge is 0.330 e. The van der Waals surface area contributed by atoms with Crippen molar-refractivity contribution in [2.45, 2.75) is 51.0 Å². The molecule has 2 unspecified atom stereocenters.